The van der Waals surface area contributed by atoms with Gasteiger partial charge in [0.25, 0.3) is 11.6 Å². The molecule has 1 N–H and O–H groups in total. The van der Waals surface area contributed by atoms with Crippen molar-refractivity contribution in [3.05, 3.63) is 57.5 Å². The number of rotatable bonds is 5. The third-order valence-corrected chi connectivity index (χ3v) is 4.56. The number of aryl methyl sites for hydroxylation is 1. The lowest BCUT2D eigenvalue weighted by molar-refractivity contribution is -0.384. The van der Waals surface area contributed by atoms with Gasteiger partial charge in [-0.05, 0) is 6.07 Å². The van der Waals surface area contributed by atoms with Gasteiger partial charge in [0, 0.05) is 44.7 Å². The van der Waals surface area contributed by atoms with Crippen LogP contribution in [0.1, 0.15) is 33.6 Å². The number of carbonyl (C=O) groups is 2. The van der Waals surface area contributed by atoms with Gasteiger partial charge in [-0.15, -0.1) is 0 Å². The molecule has 1 aromatic heterocycles. The number of para-hydroxylation sites is 2. The molecule has 2 heterocycles. The molecular weight excluding hydrogens is 354 g/mol. The summed E-state index contributed by atoms with van der Waals surface area (Å²) in [6.45, 7) is 3.34. The first-order valence-corrected chi connectivity index (χ1v) is 8.56. The molecule has 1 saturated heterocycles. The summed E-state index contributed by atoms with van der Waals surface area (Å²) in [5.74, 6) is -1.23. The SMILES string of the molecule is CCc1oc(C(=O)N2CCN(c3ccccc3[N+](=O)[O-])CC2)cc1C(=O)O. The molecule has 142 valence electrons. The van der Waals surface area contributed by atoms with Gasteiger partial charge in [0.05, 0.1) is 4.92 Å². The molecule has 3 rings (SSSR count). The van der Waals surface area contributed by atoms with E-state index in [0.717, 1.165) is 0 Å². The second-order valence-electron chi connectivity index (χ2n) is 6.13. The summed E-state index contributed by atoms with van der Waals surface area (Å²) in [6.07, 6.45) is 0.375. The van der Waals surface area contributed by atoms with E-state index in [1.165, 1.54) is 12.1 Å². The highest BCUT2D eigenvalue weighted by Crippen LogP contribution is 2.28. The summed E-state index contributed by atoms with van der Waals surface area (Å²) < 4.78 is 5.43. The van der Waals surface area contributed by atoms with Gasteiger partial charge in [-0.3, -0.25) is 14.9 Å². The monoisotopic (exact) mass is 373 g/mol. The fourth-order valence-corrected chi connectivity index (χ4v) is 3.17. The number of hydrogen-bond donors (Lipinski definition) is 1. The molecule has 1 amide bonds. The topological polar surface area (TPSA) is 117 Å². The third kappa shape index (κ3) is 3.62. The molecule has 1 fully saturated rings. The van der Waals surface area contributed by atoms with E-state index in [1.54, 1.807) is 30.0 Å². The molecule has 9 nitrogen and oxygen atoms in total. The number of carboxylic acids is 1. The first kappa shape index (κ1) is 18.4. The Bertz CT molecular complexity index is 883. The van der Waals surface area contributed by atoms with Crippen LogP contribution in [-0.4, -0.2) is 53.0 Å². The van der Waals surface area contributed by atoms with E-state index in [-0.39, 0.29) is 28.7 Å². The minimum Gasteiger partial charge on any atom is -0.478 e. The summed E-state index contributed by atoms with van der Waals surface area (Å²) in [5.41, 5.74) is 0.551. The molecule has 0 atom stereocenters. The van der Waals surface area contributed by atoms with Crippen molar-refractivity contribution in [2.24, 2.45) is 0 Å². The van der Waals surface area contributed by atoms with E-state index >= 15 is 0 Å². The largest absolute Gasteiger partial charge is 0.478 e. The van der Waals surface area contributed by atoms with Gasteiger partial charge in [-0.1, -0.05) is 19.1 Å². The number of piperazine rings is 1. The van der Waals surface area contributed by atoms with Crippen molar-refractivity contribution in [3.63, 3.8) is 0 Å². The maximum atomic E-state index is 12.6. The number of nitrogens with zero attached hydrogens (tertiary/aromatic N) is 3. The Balaban J connectivity index is 1.72. The summed E-state index contributed by atoms with van der Waals surface area (Å²) in [4.78, 5) is 38.1. The van der Waals surface area contributed by atoms with E-state index in [0.29, 0.717) is 38.3 Å². The lowest BCUT2D eigenvalue weighted by atomic mass is 10.2. The number of anilines is 1. The van der Waals surface area contributed by atoms with Crippen LogP contribution >= 0.6 is 0 Å². The molecule has 9 heteroatoms. The molecule has 1 aromatic carbocycles. The summed E-state index contributed by atoms with van der Waals surface area (Å²) in [5, 5.41) is 20.4. The van der Waals surface area contributed by atoms with Crippen LogP contribution in [0.2, 0.25) is 0 Å². The predicted molar refractivity (Wildman–Crippen MR) is 96.3 cm³/mol. The Hall–Kier alpha value is -3.36. The van der Waals surface area contributed by atoms with Crippen LogP contribution in [0.3, 0.4) is 0 Å². The van der Waals surface area contributed by atoms with Crippen LogP contribution in [0.15, 0.2) is 34.7 Å². The van der Waals surface area contributed by atoms with Gasteiger partial charge < -0.3 is 19.3 Å². The fraction of sp³-hybridized carbons (Fsp3) is 0.333. The Morgan fingerprint density at radius 1 is 1.22 bits per heavy atom. The standard InChI is InChI=1S/C18H19N3O6/c1-2-15-12(18(23)24)11-16(27-15)17(22)20-9-7-19(8-10-20)13-5-3-4-6-14(13)21(25)26/h3-6,11H,2,7-10H2,1H3,(H,23,24). The highest BCUT2D eigenvalue weighted by atomic mass is 16.6. The number of nitro benzene ring substituents is 1. The van der Waals surface area contributed by atoms with E-state index in [1.807, 2.05) is 4.90 Å². The van der Waals surface area contributed by atoms with E-state index < -0.39 is 10.9 Å². The second kappa shape index (κ2) is 7.48. The highest BCUT2D eigenvalue weighted by Gasteiger charge is 2.28. The zero-order valence-corrected chi connectivity index (χ0v) is 14.8. The van der Waals surface area contributed by atoms with E-state index in [4.69, 9.17) is 4.42 Å². The zero-order chi connectivity index (χ0) is 19.6. The van der Waals surface area contributed by atoms with Crippen LogP contribution in [0, 0.1) is 10.1 Å². The third-order valence-electron chi connectivity index (χ3n) is 4.56. The first-order chi connectivity index (χ1) is 12.9. The number of hydrogen-bond acceptors (Lipinski definition) is 6. The highest BCUT2D eigenvalue weighted by molar-refractivity contribution is 5.96. The number of carbonyl (C=O) groups excluding carboxylic acids is 1. The van der Waals surface area contributed by atoms with Crippen LogP contribution in [0.4, 0.5) is 11.4 Å². The Labute approximate surface area is 154 Å². The Morgan fingerprint density at radius 2 is 1.89 bits per heavy atom. The Kier molecular flexibility index (Phi) is 5.11. The molecule has 0 radical (unpaired) electrons. The van der Waals surface area contributed by atoms with Gasteiger partial charge in [-0.2, -0.15) is 0 Å². The number of carboxylic acid groups (broad SMARTS) is 1. The molecule has 0 saturated carbocycles. The molecule has 27 heavy (non-hydrogen) atoms. The number of aromatic carboxylic acids is 1. The van der Waals surface area contributed by atoms with Gasteiger partial charge in [0.15, 0.2) is 5.76 Å². The van der Waals surface area contributed by atoms with Crippen molar-refractivity contribution in [3.8, 4) is 0 Å². The predicted octanol–water partition coefficient (Wildman–Crippen LogP) is 2.41. The fourth-order valence-electron chi connectivity index (χ4n) is 3.17. The van der Waals surface area contributed by atoms with E-state index in [2.05, 4.69) is 0 Å². The molecule has 0 unspecified atom stereocenters. The molecule has 0 aliphatic carbocycles. The number of amides is 1. The smallest absolute Gasteiger partial charge is 0.339 e. The second-order valence-corrected chi connectivity index (χ2v) is 6.13. The van der Waals surface area contributed by atoms with Crippen molar-refractivity contribution in [1.82, 2.24) is 4.90 Å². The average molecular weight is 373 g/mol. The van der Waals surface area contributed by atoms with Crippen molar-refractivity contribution in [2.45, 2.75) is 13.3 Å². The van der Waals surface area contributed by atoms with Crippen molar-refractivity contribution in [2.75, 3.05) is 31.1 Å². The van der Waals surface area contributed by atoms with Crippen LogP contribution in [0.25, 0.3) is 0 Å². The first-order valence-electron chi connectivity index (χ1n) is 8.56. The molecule has 1 aliphatic rings. The lowest BCUT2D eigenvalue weighted by Gasteiger charge is -2.35. The van der Waals surface area contributed by atoms with Gasteiger partial charge in [-0.25, -0.2) is 4.79 Å². The van der Waals surface area contributed by atoms with Crippen molar-refractivity contribution >= 4 is 23.3 Å². The molecule has 0 spiro atoms. The number of benzene rings is 1. The van der Waals surface area contributed by atoms with Gasteiger partial charge in [0.1, 0.15) is 17.0 Å². The maximum Gasteiger partial charge on any atom is 0.339 e. The van der Waals surface area contributed by atoms with Crippen molar-refractivity contribution in [1.29, 1.82) is 0 Å². The number of nitro groups is 1. The summed E-state index contributed by atoms with van der Waals surface area (Å²) in [6, 6.07) is 7.76. The Morgan fingerprint density at radius 3 is 2.44 bits per heavy atom. The zero-order valence-electron chi connectivity index (χ0n) is 14.8. The minimum atomic E-state index is -1.13. The molecule has 0 bridgehead atoms. The van der Waals surface area contributed by atoms with Crippen LogP contribution in [-0.2, 0) is 6.42 Å². The molecule has 2 aromatic rings. The van der Waals surface area contributed by atoms with E-state index in [9.17, 15) is 24.8 Å². The van der Waals surface area contributed by atoms with Crippen molar-refractivity contribution < 1.29 is 24.0 Å². The van der Waals surface area contributed by atoms with Crippen LogP contribution in [0.5, 0.6) is 0 Å². The van der Waals surface area contributed by atoms with Gasteiger partial charge in [0.2, 0.25) is 0 Å². The lowest BCUT2D eigenvalue weighted by Crippen LogP contribution is -2.48. The van der Waals surface area contributed by atoms with Crippen LogP contribution < -0.4 is 4.90 Å². The summed E-state index contributed by atoms with van der Waals surface area (Å²) >= 11 is 0. The maximum absolute atomic E-state index is 12.6. The van der Waals surface area contributed by atoms with Gasteiger partial charge >= 0.3 is 5.97 Å². The normalized spacial score (nSPS) is 14.3. The average Bonchev–Trinajstić information content (AvgIpc) is 3.12. The molecule has 1 aliphatic heterocycles. The number of furan rings is 1. The summed E-state index contributed by atoms with van der Waals surface area (Å²) in [7, 11) is 0. The molecular formula is C18H19N3O6. The quantitative estimate of drug-likeness (QED) is 0.632. The minimum absolute atomic E-state index is 0.000559.